The molecule has 2 aromatic rings. The van der Waals surface area contributed by atoms with Crippen molar-refractivity contribution in [2.75, 3.05) is 6.61 Å². The van der Waals surface area contributed by atoms with Gasteiger partial charge in [-0.05, 0) is 13.0 Å². The molecule has 0 amide bonds. The van der Waals surface area contributed by atoms with Crippen LogP contribution in [0.1, 0.15) is 11.9 Å². The van der Waals surface area contributed by atoms with Crippen LogP contribution >= 0.6 is 0 Å². The van der Waals surface area contributed by atoms with E-state index < -0.39 is 37.3 Å². The first-order valence-electron chi connectivity index (χ1n) is 6.63. The average molecular weight is 295 g/mol. The number of aliphatic hydroxyl groups is 4. The van der Waals surface area contributed by atoms with Gasteiger partial charge in [-0.1, -0.05) is 0 Å². The number of aliphatic hydroxyl groups excluding tert-OH is 4. The van der Waals surface area contributed by atoms with E-state index in [-0.39, 0.29) is 0 Å². The fraction of sp³-hybridized carbons (Fsp3) is 0.538. The molecule has 0 aliphatic carbocycles. The minimum Gasteiger partial charge on any atom is -0.394 e. The van der Waals surface area contributed by atoms with Crippen molar-refractivity contribution < 1.29 is 25.2 Å². The molecule has 3 heterocycles. The zero-order chi connectivity index (χ0) is 15.1. The standard InChI is InChI=1S/C13H17N3O5/c1-6-7-2-3-16(12(7)15-5-14-6)13-10(20)9(19)11(21-13)8(18)4-17/h2-3,5,8-11,13,17-20H,4H2,1H3. The van der Waals surface area contributed by atoms with Crippen molar-refractivity contribution in [3.05, 3.63) is 24.3 Å². The van der Waals surface area contributed by atoms with Crippen molar-refractivity contribution in [1.82, 2.24) is 14.5 Å². The van der Waals surface area contributed by atoms with E-state index >= 15 is 0 Å². The Morgan fingerprint density at radius 2 is 2.10 bits per heavy atom. The lowest BCUT2D eigenvalue weighted by Gasteiger charge is -2.19. The van der Waals surface area contributed by atoms with Crippen LogP contribution in [-0.4, -0.2) is 66.0 Å². The Balaban J connectivity index is 1.98. The Labute approximate surface area is 120 Å². The molecule has 1 saturated heterocycles. The molecular formula is C13H17N3O5. The molecule has 0 aromatic carbocycles. The predicted molar refractivity (Wildman–Crippen MR) is 71.3 cm³/mol. The van der Waals surface area contributed by atoms with Gasteiger partial charge in [0.2, 0.25) is 0 Å². The third-order valence-corrected chi connectivity index (χ3v) is 3.82. The van der Waals surface area contributed by atoms with Gasteiger partial charge in [0.25, 0.3) is 0 Å². The molecule has 8 heteroatoms. The van der Waals surface area contributed by atoms with E-state index in [9.17, 15) is 15.3 Å². The lowest BCUT2D eigenvalue weighted by atomic mass is 10.1. The van der Waals surface area contributed by atoms with Crippen molar-refractivity contribution >= 4 is 11.0 Å². The molecule has 8 nitrogen and oxygen atoms in total. The summed E-state index contributed by atoms with van der Waals surface area (Å²) >= 11 is 0. The van der Waals surface area contributed by atoms with Gasteiger partial charge in [0.05, 0.1) is 12.3 Å². The summed E-state index contributed by atoms with van der Waals surface area (Å²) < 4.78 is 7.11. The maximum Gasteiger partial charge on any atom is 0.164 e. The second-order valence-electron chi connectivity index (χ2n) is 5.14. The van der Waals surface area contributed by atoms with Gasteiger partial charge in [-0.2, -0.15) is 0 Å². The first-order chi connectivity index (χ1) is 10.0. The summed E-state index contributed by atoms with van der Waals surface area (Å²) in [6.45, 7) is 1.28. The highest BCUT2D eigenvalue weighted by atomic mass is 16.6. The lowest BCUT2D eigenvalue weighted by Crippen LogP contribution is -2.40. The number of hydrogen-bond donors (Lipinski definition) is 4. The zero-order valence-electron chi connectivity index (χ0n) is 11.4. The summed E-state index contributed by atoms with van der Waals surface area (Å²) in [4.78, 5) is 8.25. The SMILES string of the molecule is Cc1ncnc2c1ccn2C1OC(C(O)CO)C(O)C1O. The Kier molecular flexibility index (Phi) is 3.64. The molecule has 0 bridgehead atoms. The van der Waals surface area contributed by atoms with Crippen molar-refractivity contribution in [2.45, 2.75) is 37.6 Å². The molecule has 3 rings (SSSR count). The maximum atomic E-state index is 10.1. The third-order valence-electron chi connectivity index (χ3n) is 3.82. The zero-order valence-corrected chi connectivity index (χ0v) is 11.4. The molecule has 5 atom stereocenters. The molecule has 1 aliphatic heterocycles. The summed E-state index contributed by atoms with van der Waals surface area (Å²) in [5, 5.41) is 39.5. The molecule has 1 aliphatic rings. The molecule has 5 unspecified atom stereocenters. The number of aromatic nitrogens is 3. The van der Waals surface area contributed by atoms with Crippen LogP contribution < -0.4 is 0 Å². The molecule has 0 spiro atoms. The van der Waals surface area contributed by atoms with E-state index in [1.54, 1.807) is 16.8 Å². The van der Waals surface area contributed by atoms with E-state index in [0.29, 0.717) is 5.65 Å². The van der Waals surface area contributed by atoms with Crippen LogP contribution in [0, 0.1) is 6.92 Å². The van der Waals surface area contributed by atoms with Crippen LogP contribution in [0.15, 0.2) is 18.6 Å². The molecular weight excluding hydrogens is 278 g/mol. The van der Waals surface area contributed by atoms with E-state index in [1.165, 1.54) is 6.33 Å². The normalized spacial score (nSPS) is 30.9. The number of rotatable bonds is 3. The van der Waals surface area contributed by atoms with E-state index in [2.05, 4.69) is 9.97 Å². The molecule has 114 valence electrons. The largest absolute Gasteiger partial charge is 0.394 e. The second kappa shape index (κ2) is 5.32. The van der Waals surface area contributed by atoms with Gasteiger partial charge in [-0.25, -0.2) is 9.97 Å². The number of nitrogens with zero attached hydrogens (tertiary/aromatic N) is 3. The quantitative estimate of drug-likeness (QED) is 0.556. The molecule has 2 aromatic heterocycles. The van der Waals surface area contributed by atoms with Gasteiger partial charge < -0.3 is 29.7 Å². The van der Waals surface area contributed by atoms with Crippen LogP contribution in [-0.2, 0) is 4.74 Å². The Bertz CT molecular complexity index is 646. The van der Waals surface area contributed by atoms with Crippen LogP contribution in [0.4, 0.5) is 0 Å². The Hall–Kier alpha value is -1.58. The highest BCUT2D eigenvalue weighted by Gasteiger charge is 2.46. The Morgan fingerprint density at radius 1 is 1.33 bits per heavy atom. The summed E-state index contributed by atoms with van der Waals surface area (Å²) in [7, 11) is 0. The number of hydrogen-bond acceptors (Lipinski definition) is 7. The molecule has 1 fully saturated rings. The fourth-order valence-corrected chi connectivity index (χ4v) is 2.64. The molecule has 21 heavy (non-hydrogen) atoms. The summed E-state index contributed by atoms with van der Waals surface area (Å²) in [6.07, 6.45) is -2.65. The number of aryl methyl sites for hydroxylation is 1. The van der Waals surface area contributed by atoms with E-state index in [1.807, 2.05) is 6.92 Å². The average Bonchev–Trinajstić information content (AvgIpc) is 3.02. The van der Waals surface area contributed by atoms with Crippen LogP contribution in [0.5, 0.6) is 0 Å². The van der Waals surface area contributed by atoms with Gasteiger partial charge in [0, 0.05) is 11.6 Å². The summed E-state index contributed by atoms with van der Waals surface area (Å²) in [6, 6.07) is 1.79. The first-order valence-corrected chi connectivity index (χ1v) is 6.63. The van der Waals surface area contributed by atoms with Crippen LogP contribution in [0.3, 0.4) is 0 Å². The highest BCUT2D eigenvalue weighted by Crippen LogP contribution is 2.33. The van der Waals surface area contributed by atoms with Gasteiger partial charge in [0.15, 0.2) is 6.23 Å². The van der Waals surface area contributed by atoms with Crippen molar-refractivity contribution in [3.63, 3.8) is 0 Å². The minimum absolute atomic E-state index is 0.561. The fourth-order valence-electron chi connectivity index (χ4n) is 2.64. The molecule has 0 radical (unpaired) electrons. The smallest absolute Gasteiger partial charge is 0.164 e. The summed E-state index contributed by atoms with van der Waals surface area (Å²) in [5.74, 6) is 0. The van der Waals surface area contributed by atoms with Gasteiger partial charge in [-0.15, -0.1) is 0 Å². The first kappa shape index (κ1) is 14.4. The van der Waals surface area contributed by atoms with Gasteiger partial charge in [-0.3, -0.25) is 0 Å². The minimum atomic E-state index is -1.29. The topological polar surface area (TPSA) is 121 Å². The summed E-state index contributed by atoms with van der Waals surface area (Å²) in [5.41, 5.74) is 1.36. The third kappa shape index (κ3) is 2.21. The molecule has 0 saturated carbocycles. The van der Waals surface area contributed by atoms with E-state index in [4.69, 9.17) is 9.84 Å². The van der Waals surface area contributed by atoms with Crippen LogP contribution in [0.2, 0.25) is 0 Å². The maximum absolute atomic E-state index is 10.1. The monoisotopic (exact) mass is 295 g/mol. The van der Waals surface area contributed by atoms with E-state index in [0.717, 1.165) is 11.1 Å². The predicted octanol–water partition coefficient (Wildman–Crippen LogP) is -1.29. The van der Waals surface area contributed by atoms with Gasteiger partial charge >= 0.3 is 0 Å². The van der Waals surface area contributed by atoms with Crippen molar-refractivity contribution in [3.8, 4) is 0 Å². The lowest BCUT2D eigenvalue weighted by molar-refractivity contribution is -0.0961. The van der Waals surface area contributed by atoms with Crippen molar-refractivity contribution in [1.29, 1.82) is 0 Å². The van der Waals surface area contributed by atoms with Gasteiger partial charge in [0.1, 0.15) is 36.4 Å². The highest BCUT2D eigenvalue weighted by molar-refractivity contribution is 5.78. The van der Waals surface area contributed by atoms with Crippen molar-refractivity contribution in [2.24, 2.45) is 0 Å². The number of fused-ring (bicyclic) bond motifs is 1. The number of ether oxygens (including phenoxy) is 1. The second-order valence-corrected chi connectivity index (χ2v) is 5.14. The molecule has 4 N–H and O–H groups in total. The van der Waals surface area contributed by atoms with Crippen LogP contribution in [0.25, 0.3) is 11.0 Å². The Morgan fingerprint density at radius 3 is 2.81 bits per heavy atom.